The summed E-state index contributed by atoms with van der Waals surface area (Å²) in [6, 6.07) is 11.9. The first-order valence-electron chi connectivity index (χ1n) is 8.63. The Labute approximate surface area is 166 Å². The number of hydrogen-bond acceptors (Lipinski definition) is 4. The Kier molecular flexibility index (Phi) is 4.70. The van der Waals surface area contributed by atoms with E-state index in [1.807, 2.05) is 12.1 Å². The second-order valence-electron chi connectivity index (χ2n) is 6.32. The van der Waals surface area contributed by atoms with E-state index in [2.05, 4.69) is 20.7 Å². The van der Waals surface area contributed by atoms with Crippen molar-refractivity contribution in [3.05, 3.63) is 59.4 Å². The largest absolute Gasteiger partial charge is 0.336 e. The molecule has 2 aromatic carbocycles. The fourth-order valence-electron chi connectivity index (χ4n) is 2.94. The summed E-state index contributed by atoms with van der Waals surface area (Å²) in [6.07, 6.45) is 1.63. The van der Waals surface area contributed by atoms with Crippen LogP contribution < -0.4 is 15.5 Å². The monoisotopic (exact) mass is 396 g/mol. The number of nitrogens with zero attached hydrogens (tertiary/aromatic N) is 4. The number of hydrogen-bond donors (Lipinski definition) is 2. The maximum absolute atomic E-state index is 12.6. The van der Waals surface area contributed by atoms with E-state index in [1.54, 1.807) is 48.4 Å². The van der Waals surface area contributed by atoms with Crippen LogP contribution in [-0.4, -0.2) is 39.8 Å². The molecule has 1 aliphatic heterocycles. The fraction of sp³-hybridized carbons (Fsp3) is 0.158. The summed E-state index contributed by atoms with van der Waals surface area (Å²) < 4.78 is 1.63. The molecular formula is C19H17ClN6O2. The van der Waals surface area contributed by atoms with Crippen molar-refractivity contribution in [2.24, 2.45) is 7.05 Å². The van der Waals surface area contributed by atoms with Gasteiger partial charge in [-0.25, -0.2) is 9.78 Å². The van der Waals surface area contributed by atoms with E-state index in [0.29, 0.717) is 40.9 Å². The number of urea groups is 1. The van der Waals surface area contributed by atoms with Crippen molar-refractivity contribution in [1.29, 1.82) is 0 Å². The molecule has 3 aromatic rings. The summed E-state index contributed by atoms with van der Waals surface area (Å²) in [5.41, 5.74) is 2.42. The quantitative estimate of drug-likeness (QED) is 0.709. The Bertz CT molecular complexity index is 1050. The van der Waals surface area contributed by atoms with Crippen LogP contribution in [0.2, 0.25) is 5.02 Å². The van der Waals surface area contributed by atoms with Gasteiger partial charge < -0.3 is 10.6 Å². The van der Waals surface area contributed by atoms with Crippen molar-refractivity contribution in [3.8, 4) is 11.4 Å². The van der Waals surface area contributed by atoms with Gasteiger partial charge in [0.2, 0.25) is 0 Å². The predicted molar refractivity (Wildman–Crippen MR) is 107 cm³/mol. The highest BCUT2D eigenvalue weighted by molar-refractivity contribution is 6.34. The molecular weight excluding hydrogens is 380 g/mol. The lowest BCUT2D eigenvalue weighted by Gasteiger charge is -2.17. The normalized spacial score (nSPS) is 13.5. The summed E-state index contributed by atoms with van der Waals surface area (Å²) >= 11 is 6.22. The highest BCUT2D eigenvalue weighted by Gasteiger charge is 2.24. The molecule has 1 fully saturated rings. The maximum Gasteiger partial charge on any atom is 0.322 e. The molecule has 0 unspecified atom stereocenters. The van der Waals surface area contributed by atoms with E-state index >= 15 is 0 Å². The fourth-order valence-corrected chi connectivity index (χ4v) is 3.16. The second kappa shape index (κ2) is 7.32. The third kappa shape index (κ3) is 3.54. The SMILES string of the molecule is Cn1cnc(-c2ccc(NC(=O)c3ccc(Cl)c(N4CCNC4=O)c3)cc2)n1. The summed E-state index contributed by atoms with van der Waals surface area (Å²) in [5.74, 6) is 0.327. The molecule has 0 saturated carbocycles. The number of anilines is 2. The van der Waals surface area contributed by atoms with Gasteiger partial charge in [-0.15, -0.1) is 0 Å². The van der Waals surface area contributed by atoms with Gasteiger partial charge in [0.15, 0.2) is 5.82 Å². The number of rotatable bonds is 4. The predicted octanol–water partition coefficient (Wildman–Crippen LogP) is 2.92. The van der Waals surface area contributed by atoms with Gasteiger partial charge in [-0.2, -0.15) is 5.10 Å². The van der Waals surface area contributed by atoms with Crippen LogP contribution in [0.3, 0.4) is 0 Å². The molecule has 1 aromatic heterocycles. The molecule has 28 heavy (non-hydrogen) atoms. The van der Waals surface area contributed by atoms with Crippen molar-refractivity contribution < 1.29 is 9.59 Å². The number of carbonyl (C=O) groups is 2. The Morgan fingerprint density at radius 3 is 2.64 bits per heavy atom. The van der Waals surface area contributed by atoms with E-state index in [0.717, 1.165) is 5.56 Å². The van der Waals surface area contributed by atoms with Crippen molar-refractivity contribution >= 4 is 34.9 Å². The molecule has 142 valence electrons. The van der Waals surface area contributed by atoms with Gasteiger partial charge in [0.1, 0.15) is 6.33 Å². The number of aromatic nitrogens is 3. The summed E-state index contributed by atoms with van der Waals surface area (Å²) in [4.78, 5) is 30.2. The molecule has 0 bridgehead atoms. The van der Waals surface area contributed by atoms with Crippen LogP contribution in [0.25, 0.3) is 11.4 Å². The Morgan fingerprint density at radius 1 is 1.21 bits per heavy atom. The van der Waals surface area contributed by atoms with Crippen molar-refractivity contribution in [2.75, 3.05) is 23.3 Å². The van der Waals surface area contributed by atoms with E-state index in [-0.39, 0.29) is 11.9 Å². The number of carbonyl (C=O) groups excluding carboxylic acids is 2. The van der Waals surface area contributed by atoms with E-state index in [4.69, 9.17) is 11.6 Å². The van der Waals surface area contributed by atoms with Crippen molar-refractivity contribution in [2.45, 2.75) is 0 Å². The minimum atomic E-state index is -0.291. The standard InChI is InChI=1S/C19H17ClN6O2/c1-25-11-22-17(24-25)12-2-5-14(6-3-12)23-18(27)13-4-7-15(20)16(10-13)26-9-8-21-19(26)28/h2-7,10-11H,8-9H2,1H3,(H,21,28)(H,23,27). The van der Waals surface area contributed by atoms with Crippen LogP contribution in [0.4, 0.5) is 16.2 Å². The van der Waals surface area contributed by atoms with Gasteiger partial charge in [-0.3, -0.25) is 14.4 Å². The van der Waals surface area contributed by atoms with E-state index < -0.39 is 0 Å². The van der Waals surface area contributed by atoms with Gasteiger partial charge in [-0.05, 0) is 42.5 Å². The topological polar surface area (TPSA) is 92.2 Å². The second-order valence-corrected chi connectivity index (χ2v) is 6.73. The van der Waals surface area contributed by atoms with Crippen LogP contribution >= 0.6 is 11.6 Å². The Hall–Kier alpha value is -3.39. The number of amides is 3. The molecule has 0 aliphatic carbocycles. The number of halogens is 1. The van der Waals surface area contributed by atoms with E-state index in [9.17, 15) is 9.59 Å². The van der Waals surface area contributed by atoms with Gasteiger partial charge in [0.05, 0.1) is 10.7 Å². The van der Waals surface area contributed by atoms with E-state index in [1.165, 1.54) is 4.90 Å². The molecule has 2 N–H and O–H groups in total. The molecule has 8 nitrogen and oxygen atoms in total. The van der Waals surface area contributed by atoms with Crippen LogP contribution in [-0.2, 0) is 7.05 Å². The molecule has 0 atom stereocenters. The number of benzene rings is 2. The Morgan fingerprint density at radius 2 is 2.00 bits per heavy atom. The van der Waals surface area contributed by atoms with Gasteiger partial charge in [0.25, 0.3) is 5.91 Å². The first-order valence-corrected chi connectivity index (χ1v) is 9.01. The number of nitrogens with one attached hydrogen (secondary N) is 2. The molecule has 4 rings (SSSR count). The minimum absolute atomic E-state index is 0.224. The van der Waals surface area contributed by atoms with Crippen LogP contribution in [0.5, 0.6) is 0 Å². The lowest BCUT2D eigenvalue weighted by atomic mass is 10.1. The first kappa shape index (κ1) is 18.0. The molecule has 0 radical (unpaired) electrons. The van der Waals surface area contributed by atoms with Crippen LogP contribution in [0, 0.1) is 0 Å². The molecule has 1 saturated heterocycles. The zero-order valence-electron chi connectivity index (χ0n) is 15.0. The van der Waals surface area contributed by atoms with Gasteiger partial charge in [0, 0.05) is 37.0 Å². The lowest BCUT2D eigenvalue weighted by molar-refractivity contribution is 0.102. The highest BCUT2D eigenvalue weighted by Crippen LogP contribution is 2.28. The molecule has 1 aliphatic rings. The third-order valence-corrected chi connectivity index (χ3v) is 4.68. The Balaban J connectivity index is 1.51. The van der Waals surface area contributed by atoms with Gasteiger partial charge >= 0.3 is 6.03 Å². The average molecular weight is 397 g/mol. The summed E-state index contributed by atoms with van der Waals surface area (Å²) in [7, 11) is 1.80. The van der Waals surface area contributed by atoms with Crippen molar-refractivity contribution in [3.63, 3.8) is 0 Å². The molecule has 2 heterocycles. The molecule has 0 spiro atoms. The highest BCUT2D eigenvalue weighted by atomic mass is 35.5. The minimum Gasteiger partial charge on any atom is -0.336 e. The van der Waals surface area contributed by atoms with Crippen LogP contribution in [0.1, 0.15) is 10.4 Å². The smallest absolute Gasteiger partial charge is 0.322 e. The summed E-state index contributed by atoms with van der Waals surface area (Å²) in [6.45, 7) is 1.05. The maximum atomic E-state index is 12.6. The average Bonchev–Trinajstić information content (AvgIpc) is 3.31. The zero-order chi connectivity index (χ0) is 19.7. The molecule has 3 amide bonds. The molecule has 9 heteroatoms. The zero-order valence-corrected chi connectivity index (χ0v) is 15.8. The summed E-state index contributed by atoms with van der Waals surface area (Å²) in [5, 5.41) is 10.2. The van der Waals surface area contributed by atoms with Gasteiger partial charge in [-0.1, -0.05) is 11.6 Å². The lowest BCUT2D eigenvalue weighted by Crippen LogP contribution is -2.28. The van der Waals surface area contributed by atoms with Crippen molar-refractivity contribution in [1.82, 2.24) is 20.1 Å². The number of aryl methyl sites for hydroxylation is 1. The third-order valence-electron chi connectivity index (χ3n) is 4.36. The van der Waals surface area contributed by atoms with Crippen LogP contribution in [0.15, 0.2) is 48.8 Å². The first-order chi connectivity index (χ1) is 13.5.